The first-order valence-electron chi connectivity index (χ1n) is 7.59. The van der Waals surface area contributed by atoms with Gasteiger partial charge in [0.1, 0.15) is 10.7 Å². The largest absolute Gasteiger partial charge is 0.382 e. The van der Waals surface area contributed by atoms with E-state index in [1.165, 1.54) is 17.8 Å². The second-order valence-corrected chi connectivity index (χ2v) is 6.23. The number of nitrogens with one attached hydrogen (secondary N) is 2. The zero-order chi connectivity index (χ0) is 15.1. The molecule has 2 rings (SSSR count). The minimum atomic E-state index is -0.175. The fraction of sp³-hybridized carbons (Fsp3) is 0.714. The molecule has 0 atom stereocenters. The molecule has 0 unspecified atom stereocenters. The molecule has 1 saturated carbocycles. The maximum absolute atomic E-state index is 12.0. The smallest absolute Gasteiger partial charge is 0.265 e. The molecule has 1 aromatic rings. The number of anilines is 2. The van der Waals surface area contributed by atoms with E-state index >= 15 is 0 Å². The molecule has 1 aromatic heterocycles. The lowest BCUT2D eigenvalue weighted by molar-refractivity contribution is 0.0917. The van der Waals surface area contributed by atoms with E-state index in [2.05, 4.69) is 22.5 Å². The number of aromatic nitrogens is 1. The topological polar surface area (TPSA) is 89.3 Å². The quantitative estimate of drug-likeness (QED) is 0.608. The number of hydrogen-bond acceptors (Lipinski definition) is 6. The minimum absolute atomic E-state index is 0.175. The summed E-state index contributed by atoms with van der Waals surface area (Å²) < 4.78 is 5.40. The number of carbonyl (C=O) groups is 1. The van der Waals surface area contributed by atoms with Gasteiger partial charge in [-0.3, -0.25) is 4.79 Å². The monoisotopic (exact) mass is 312 g/mol. The van der Waals surface area contributed by atoms with Crippen LogP contribution in [0.3, 0.4) is 0 Å². The van der Waals surface area contributed by atoms with Gasteiger partial charge in [0.05, 0.1) is 6.61 Å². The molecule has 0 aliphatic heterocycles. The van der Waals surface area contributed by atoms with Gasteiger partial charge >= 0.3 is 0 Å². The summed E-state index contributed by atoms with van der Waals surface area (Å²) in [6.07, 6.45) is 5.74. The minimum Gasteiger partial charge on any atom is -0.382 e. The van der Waals surface area contributed by atoms with Gasteiger partial charge in [-0.1, -0.05) is 24.7 Å². The highest BCUT2D eigenvalue weighted by molar-refractivity contribution is 7.18. The first kappa shape index (κ1) is 16.0. The van der Waals surface area contributed by atoms with E-state index in [0.29, 0.717) is 29.9 Å². The fourth-order valence-electron chi connectivity index (χ4n) is 1.95. The number of nitrogens with two attached hydrogens (primary N) is 1. The van der Waals surface area contributed by atoms with Crippen LogP contribution in [0, 0.1) is 0 Å². The van der Waals surface area contributed by atoms with Crippen molar-refractivity contribution in [1.29, 1.82) is 0 Å². The maximum Gasteiger partial charge on any atom is 0.265 e. The number of nitrogens with zero attached hydrogens (tertiary/aromatic N) is 1. The Bertz CT molecular complexity index is 460. The lowest BCUT2D eigenvalue weighted by Gasteiger charge is -2.25. The highest BCUT2D eigenvalue weighted by Crippen LogP contribution is 2.29. The molecule has 1 amide bonds. The molecule has 0 saturated heterocycles. The van der Waals surface area contributed by atoms with E-state index in [9.17, 15) is 4.79 Å². The molecule has 118 valence electrons. The van der Waals surface area contributed by atoms with Gasteiger partial charge in [-0.15, -0.1) is 0 Å². The highest BCUT2D eigenvalue weighted by Gasteiger charge is 2.21. The summed E-state index contributed by atoms with van der Waals surface area (Å²) in [4.78, 5) is 16.7. The van der Waals surface area contributed by atoms with Crippen LogP contribution in [0.25, 0.3) is 0 Å². The first-order chi connectivity index (χ1) is 10.2. The molecule has 1 aliphatic carbocycles. The molecule has 1 fully saturated rings. The van der Waals surface area contributed by atoms with Crippen molar-refractivity contribution in [2.45, 2.75) is 45.1 Å². The number of unbranched alkanes of at least 4 members (excludes halogenated alkanes) is 1. The number of amides is 1. The zero-order valence-corrected chi connectivity index (χ0v) is 13.3. The van der Waals surface area contributed by atoms with Crippen molar-refractivity contribution in [3.8, 4) is 0 Å². The Hall–Kier alpha value is -1.34. The zero-order valence-electron chi connectivity index (χ0n) is 12.5. The molecule has 0 radical (unpaired) electrons. The van der Waals surface area contributed by atoms with Crippen LogP contribution >= 0.6 is 11.3 Å². The lowest BCUT2D eigenvalue weighted by Crippen LogP contribution is -2.27. The van der Waals surface area contributed by atoms with Crippen LogP contribution < -0.4 is 16.4 Å². The molecule has 7 heteroatoms. The average molecular weight is 312 g/mol. The second kappa shape index (κ2) is 8.19. The summed E-state index contributed by atoms with van der Waals surface area (Å²) in [7, 11) is 0. The van der Waals surface area contributed by atoms with Gasteiger partial charge in [0, 0.05) is 19.2 Å². The maximum atomic E-state index is 12.0. The first-order valence-corrected chi connectivity index (χ1v) is 8.41. The van der Waals surface area contributed by atoms with Gasteiger partial charge in [-0.2, -0.15) is 0 Å². The Kier molecular flexibility index (Phi) is 6.25. The van der Waals surface area contributed by atoms with Crippen LogP contribution in [0.5, 0.6) is 0 Å². The number of carbonyl (C=O) groups excluding carboxylic acids is 1. The molecule has 1 heterocycles. The van der Waals surface area contributed by atoms with E-state index < -0.39 is 0 Å². The predicted molar refractivity (Wildman–Crippen MR) is 85.8 cm³/mol. The van der Waals surface area contributed by atoms with E-state index in [-0.39, 0.29) is 5.91 Å². The van der Waals surface area contributed by atoms with E-state index in [1.807, 2.05) is 0 Å². The van der Waals surface area contributed by atoms with Crippen LogP contribution in [0.2, 0.25) is 0 Å². The SMILES string of the molecule is CCCCOCCNC(=O)c1sc(NC2CCC2)nc1N. The third kappa shape index (κ3) is 4.86. The summed E-state index contributed by atoms with van der Waals surface area (Å²) in [5.41, 5.74) is 5.81. The molecule has 0 aromatic carbocycles. The van der Waals surface area contributed by atoms with Crippen molar-refractivity contribution in [3.63, 3.8) is 0 Å². The molecule has 0 spiro atoms. The number of ether oxygens (including phenoxy) is 1. The van der Waals surface area contributed by atoms with Crippen molar-refractivity contribution in [1.82, 2.24) is 10.3 Å². The van der Waals surface area contributed by atoms with Crippen molar-refractivity contribution in [2.24, 2.45) is 0 Å². The molecule has 21 heavy (non-hydrogen) atoms. The van der Waals surface area contributed by atoms with E-state index in [0.717, 1.165) is 37.4 Å². The Labute approximate surface area is 129 Å². The van der Waals surface area contributed by atoms with Crippen molar-refractivity contribution < 1.29 is 9.53 Å². The summed E-state index contributed by atoms with van der Waals surface area (Å²) >= 11 is 1.32. The number of rotatable bonds is 9. The Morgan fingerprint density at radius 1 is 1.48 bits per heavy atom. The van der Waals surface area contributed by atoms with Crippen molar-refractivity contribution in [3.05, 3.63) is 4.88 Å². The molecule has 1 aliphatic rings. The van der Waals surface area contributed by atoms with Crippen LogP contribution in [0.1, 0.15) is 48.7 Å². The van der Waals surface area contributed by atoms with Crippen molar-refractivity contribution >= 4 is 28.2 Å². The Morgan fingerprint density at radius 2 is 2.29 bits per heavy atom. The average Bonchev–Trinajstić information content (AvgIpc) is 2.79. The summed E-state index contributed by atoms with van der Waals surface area (Å²) in [6.45, 7) is 3.88. The standard InChI is InChI=1S/C14H24N4O2S/c1-2-3-8-20-9-7-16-13(19)11-12(15)18-14(21-11)17-10-5-4-6-10/h10H,2-9,15H2,1H3,(H,16,19)(H,17,18). The van der Waals surface area contributed by atoms with E-state index in [4.69, 9.17) is 10.5 Å². The second-order valence-electron chi connectivity index (χ2n) is 5.23. The van der Waals surface area contributed by atoms with Gasteiger partial charge in [0.25, 0.3) is 5.91 Å². The third-order valence-corrected chi connectivity index (χ3v) is 4.47. The molecule has 6 nitrogen and oxygen atoms in total. The fourth-order valence-corrected chi connectivity index (χ4v) is 2.83. The number of nitrogen functional groups attached to an aromatic ring is 1. The third-order valence-electron chi connectivity index (χ3n) is 3.47. The van der Waals surface area contributed by atoms with Crippen LogP contribution in [-0.2, 0) is 4.74 Å². The summed E-state index contributed by atoms with van der Waals surface area (Å²) in [6, 6.07) is 0.485. The molecule has 0 bridgehead atoms. The lowest BCUT2D eigenvalue weighted by atomic mass is 9.93. The highest BCUT2D eigenvalue weighted by atomic mass is 32.1. The molecule has 4 N–H and O–H groups in total. The van der Waals surface area contributed by atoms with Gasteiger partial charge in [0.2, 0.25) is 0 Å². The summed E-state index contributed by atoms with van der Waals surface area (Å²) in [5.74, 6) is 0.122. The molecular weight excluding hydrogens is 288 g/mol. The van der Waals surface area contributed by atoms with Crippen molar-refractivity contribution in [2.75, 3.05) is 30.8 Å². The normalized spacial score (nSPS) is 14.7. The number of thiazole rings is 1. The van der Waals surface area contributed by atoms with Gasteiger partial charge in [-0.25, -0.2) is 4.98 Å². The van der Waals surface area contributed by atoms with Crippen LogP contribution in [0.15, 0.2) is 0 Å². The van der Waals surface area contributed by atoms with Crippen LogP contribution in [0.4, 0.5) is 10.9 Å². The number of hydrogen-bond donors (Lipinski definition) is 3. The van der Waals surface area contributed by atoms with Gasteiger partial charge in [-0.05, 0) is 25.7 Å². The van der Waals surface area contributed by atoms with Crippen LogP contribution in [-0.4, -0.2) is 36.7 Å². The van der Waals surface area contributed by atoms with E-state index in [1.54, 1.807) is 0 Å². The van der Waals surface area contributed by atoms with Gasteiger partial charge in [0.15, 0.2) is 5.13 Å². The molecular formula is C14H24N4O2S. The Balaban J connectivity index is 1.73. The Morgan fingerprint density at radius 3 is 2.95 bits per heavy atom. The predicted octanol–water partition coefficient (Wildman–Crippen LogP) is 2.24. The summed E-state index contributed by atoms with van der Waals surface area (Å²) in [5, 5.41) is 6.86. The van der Waals surface area contributed by atoms with Gasteiger partial charge < -0.3 is 21.1 Å².